The van der Waals surface area contributed by atoms with Gasteiger partial charge in [0.25, 0.3) is 0 Å². The zero-order valence-corrected chi connectivity index (χ0v) is 10.5. The molecule has 1 aromatic heterocycles. The number of rotatable bonds is 4. The van der Waals surface area contributed by atoms with Crippen molar-refractivity contribution >= 4 is 33.5 Å². The lowest BCUT2D eigenvalue weighted by Gasteiger charge is -2.07. The molecule has 3 N–H and O–H groups in total. The number of nitrogens with one attached hydrogen (secondary N) is 1. The molecule has 1 aromatic rings. The van der Waals surface area contributed by atoms with Gasteiger partial charge in [0.1, 0.15) is 11.4 Å². The molecule has 0 bridgehead atoms. The summed E-state index contributed by atoms with van der Waals surface area (Å²) in [6.45, 7) is 4.34. The Hall–Kier alpha value is -0.330. The third-order valence-electron chi connectivity index (χ3n) is 1.45. The molecule has 0 amide bonds. The first-order valence-electron chi connectivity index (χ1n) is 4.25. The van der Waals surface area contributed by atoms with Gasteiger partial charge in [0.15, 0.2) is 5.82 Å². The number of thioether (sulfide) groups is 1. The van der Waals surface area contributed by atoms with Crippen LogP contribution in [-0.2, 0) is 0 Å². The van der Waals surface area contributed by atoms with Crippen molar-refractivity contribution in [1.82, 2.24) is 9.97 Å². The van der Waals surface area contributed by atoms with Crippen LogP contribution in [0.15, 0.2) is 15.8 Å². The van der Waals surface area contributed by atoms with E-state index >= 15 is 0 Å². The molecule has 0 unspecified atom stereocenters. The standard InChI is InChI=1S/C8H13BrN4S/c1-5(2)3-14-8-6(9)7(13-10)11-4-12-8/h4-5H,3,10H2,1-2H3,(H,11,12,13). The van der Waals surface area contributed by atoms with Crippen LogP contribution < -0.4 is 11.3 Å². The van der Waals surface area contributed by atoms with Crippen molar-refractivity contribution in [2.45, 2.75) is 18.9 Å². The summed E-state index contributed by atoms with van der Waals surface area (Å²) in [4.78, 5) is 8.15. The minimum absolute atomic E-state index is 0.617. The van der Waals surface area contributed by atoms with Gasteiger partial charge in [-0.05, 0) is 21.8 Å². The van der Waals surface area contributed by atoms with Gasteiger partial charge in [-0.2, -0.15) is 0 Å². The number of halogens is 1. The van der Waals surface area contributed by atoms with Crippen LogP contribution in [-0.4, -0.2) is 15.7 Å². The van der Waals surface area contributed by atoms with Crippen molar-refractivity contribution in [2.75, 3.05) is 11.2 Å². The first-order valence-corrected chi connectivity index (χ1v) is 6.03. The van der Waals surface area contributed by atoms with Crippen molar-refractivity contribution < 1.29 is 0 Å². The molecule has 1 heterocycles. The number of aromatic nitrogens is 2. The molecule has 4 nitrogen and oxygen atoms in total. The average molecular weight is 277 g/mol. The molecule has 0 spiro atoms. The Balaban J connectivity index is 2.76. The molecule has 0 radical (unpaired) electrons. The largest absolute Gasteiger partial charge is 0.307 e. The Kier molecular flexibility index (Phi) is 4.64. The third kappa shape index (κ3) is 3.11. The van der Waals surface area contributed by atoms with Crippen molar-refractivity contribution in [3.8, 4) is 0 Å². The van der Waals surface area contributed by atoms with Crippen LogP contribution in [0, 0.1) is 5.92 Å². The predicted molar refractivity (Wildman–Crippen MR) is 63.1 cm³/mol. The van der Waals surface area contributed by atoms with Gasteiger partial charge in [-0.3, -0.25) is 0 Å². The summed E-state index contributed by atoms with van der Waals surface area (Å²) in [5.41, 5.74) is 2.51. The van der Waals surface area contributed by atoms with E-state index < -0.39 is 0 Å². The Bertz CT molecular complexity index is 305. The van der Waals surface area contributed by atoms with Crippen molar-refractivity contribution in [2.24, 2.45) is 11.8 Å². The number of nitrogens with zero attached hydrogens (tertiary/aromatic N) is 2. The normalized spacial score (nSPS) is 10.6. The van der Waals surface area contributed by atoms with E-state index in [-0.39, 0.29) is 0 Å². The molecule has 78 valence electrons. The van der Waals surface area contributed by atoms with Crippen LogP contribution >= 0.6 is 27.7 Å². The van der Waals surface area contributed by atoms with Gasteiger partial charge >= 0.3 is 0 Å². The maximum Gasteiger partial charge on any atom is 0.158 e. The van der Waals surface area contributed by atoms with Gasteiger partial charge in [-0.25, -0.2) is 15.8 Å². The van der Waals surface area contributed by atoms with E-state index in [4.69, 9.17) is 5.84 Å². The quantitative estimate of drug-likeness (QED) is 0.382. The number of nitrogens with two attached hydrogens (primary N) is 1. The van der Waals surface area contributed by atoms with Crippen LogP contribution in [0.3, 0.4) is 0 Å². The smallest absolute Gasteiger partial charge is 0.158 e. The van der Waals surface area contributed by atoms with Crippen molar-refractivity contribution in [3.05, 3.63) is 10.8 Å². The van der Waals surface area contributed by atoms with Gasteiger partial charge in [0.2, 0.25) is 0 Å². The number of nitrogen functional groups attached to an aromatic ring is 1. The average Bonchev–Trinajstić information content (AvgIpc) is 2.16. The highest BCUT2D eigenvalue weighted by molar-refractivity contribution is 9.10. The summed E-state index contributed by atoms with van der Waals surface area (Å²) in [5.74, 6) is 7.58. The van der Waals surface area contributed by atoms with E-state index in [9.17, 15) is 0 Å². The highest BCUT2D eigenvalue weighted by atomic mass is 79.9. The number of anilines is 1. The van der Waals surface area contributed by atoms with Crippen molar-refractivity contribution in [1.29, 1.82) is 0 Å². The molecular formula is C8H13BrN4S. The van der Waals surface area contributed by atoms with E-state index in [0.29, 0.717) is 11.7 Å². The Morgan fingerprint density at radius 3 is 2.86 bits per heavy atom. The summed E-state index contributed by atoms with van der Waals surface area (Å²) in [5, 5.41) is 0.918. The van der Waals surface area contributed by atoms with Gasteiger partial charge in [0, 0.05) is 5.75 Å². The highest BCUT2D eigenvalue weighted by Crippen LogP contribution is 2.30. The first-order chi connectivity index (χ1) is 6.65. The zero-order chi connectivity index (χ0) is 10.6. The fourth-order valence-corrected chi connectivity index (χ4v) is 2.30. The van der Waals surface area contributed by atoms with E-state index in [2.05, 4.69) is 45.2 Å². The lowest BCUT2D eigenvalue weighted by molar-refractivity contribution is 0.749. The van der Waals surface area contributed by atoms with Gasteiger partial charge in [-0.15, -0.1) is 11.8 Å². The van der Waals surface area contributed by atoms with Crippen LogP contribution in [0.2, 0.25) is 0 Å². The van der Waals surface area contributed by atoms with Crippen LogP contribution in [0.5, 0.6) is 0 Å². The topological polar surface area (TPSA) is 63.8 Å². The number of hydrazine groups is 1. The van der Waals surface area contributed by atoms with Gasteiger partial charge in [-0.1, -0.05) is 13.8 Å². The first kappa shape index (κ1) is 11.7. The van der Waals surface area contributed by atoms with Crippen LogP contribution in [0.25, 0.3) is 0 Å². The molecule has 0 saturated carbocycles. The molecule has 0 aliphatic carbocycles. The molecule has 0 atom stereocenters. The SMILES string of the molecule is CC(C)CSc1ncnc(NN)c1Br. The van der Waals surface area contributed by atoms with Crippen molar-refractivity contribution in [3.63, 3.8) is 0 Å². The second-order valence-electron chi connectivity index (χ2n) is 3.19. The second-order valence-corrected chi connectivity index (χ2v) is 4.99. The van der Waals surface area contributed by atoms with E-state index in [1.165, 1.54) is 6.33 Å². The van der Waals surface area contributed by atoms with Gasteiger partial charge in [0.05, 0.1) is 4.47 Å². The summed E-state index contributed by atoms with van der Waals surface area (Å²) in [6, 6.07) is 0. The minimum Gasteiger partial charge on any atom is -0.307 e. The number of hydrogen-bond donors (Lipinski definition) is 2. The van der Waals surface area contributed by atoms with E-state index in [0.717, 1.165) is 15.3 Å². The highest BCUT2D eigenvalue weighted by Gasteiger charge is 2.08. The van der Waals surface area contributed by atoms with E-state index in [1.807, 2.05) is 0 Å². The molecule has 0 saturated heterocycles. The summed E-state index contributed by atoms with van der Waals surface area (Å²) >= 11 is 5.09. The zero-order valence-electron chi connectivity index (χ0n) is 8.12. The maximum atomic E-state index is 5.30. The lowest BCUT2D eigenvalue weighted by atomic mass is 10.3. The molecular weight excluding hydrogens is 264 g/mol. The molecule has 6 heteroatoms. The minimum atomic E-state index is 0.617. The van der Waals surface area contributed by atoms with Crippen LogP contribution in [0.4, 0.5) is 5.82 Å². The molecule has 0 aliphatic rings. The summed E-state index contributed by atoms with van der Waals surface area (Å²) in [6.07, 6.45) is 1.50. The fourth-order valence-electron chi connectivity index (χ4n) is 0.801. The van der Waals surface area contributed by atoms with Crippen LogP contribution in [0.1, 0.15) is 13.8 Å². The van der Waals surface area contributed by atoms with E-state index in [1.54, 1.807) is 11.8 Å². The predicted octanol–water partition coefficient (Wildman–Crippen LogP) is 2.27. The fraction of sp³-hybridized carbons (Fsp3) is 0.500. The monoisotopic (exact) mass is 276 g/mol. The maximum absolute atomic E-state index is 5.30. The molecule has 0 fully saturated rings. The lowest BCUT2D eigenvalue weighted by Crippen LogP contribution is -2.10. The summed E-state index contributed by atoms with van der Waals surface area (Å²) < 4.78 is 0.827. The Morgan fingerprint density at radius 1 is 1.57 bits per heavy atom. The molecule has 0 aliphatic heterocycles. The third-order valence-corrected chi connectivity index (χ3v) is 3.88. The number of hydrogen-bond acceptors (Lipinski definition) is 5. The molecule has 1 rings (SSSR count). The Morgan fingerprint density at radius 2 is 2.29 bits per heavy atom. The Labute approximate surface area is 96.2 Å². The molecule has 0 aromatic carbocycles. The molecule has 14 heavy (non-hydrogen) atoms. The second kappa shape index (κ2) is 5.53. The summed E-state index contributed by atoms with van der Waals surface area (Å²) in [7, 11) is 0. The van der Waals surface area contributed by atoms with Gasteiger partial charge < -0.3 is 5.43 Å².